The van der Waals surface area contributed by atoms with Gasteiger partial charge in [0.15, 0.2) is 0 Å². The van der Waals surface area contributed by atoms with Gasteiger partial charge < -0.3 is 4.57 Å². The minimum Gasteiger partial charge on any atom is -0.302 e. The van der Waals surface area contributed by atoms with Gasteiger partial charge in [0.25, 0.3) is 0 Å². The Hall–Kier alpha value is -2.00. The molecule has 0 bridgehead atoms. The van der Waals surface area contributed by atoms with Crippen molar-refractivity contribution in [3.8, 4) is 0 Å². The summed E-state index contributed by atoms with van der Waals surface area (Å²) >= 11 is 1.05. The number of likely N-dealkylation sites (tertiary alicyclic amines) is 1. The third-order valence-corrected chi connectivity index (χ3v) is 7.56. The molecule has 148 valence electrons. The smallest absolute Gasteiger partial charge is 0.302 e. The third-order valence-electron chi connectivity index (χ3n) is 5.17. The third kappa shape index (κ3) is 4.05. The van der Waals surface area contributed by atoms with Crippen molar-refractivity contribution in [2.45, 2.75) is 30.8 Å². The maximum atomic E-state index is 12.6. The summed E-state index contributed by atoms with van der Waals surface area (Å²) in [7, 11) is -1.96. The summed E-state index contributed by atoms with van der Waals surface area (Å²) in [6.45, 7) is 3.49. The molecular weight excluding hydrogens is 394 g/mol. The molecule has 2 aromatic carbocycles. The van der Waals surface area contributed by atoms with E-state index < -0.39 is 10.0 Å². The average molecular weight is 418 g/mol. The molecule has 0 unspecified atom stereocenters. The van der Waals surface area contributed by atoms with Crippen LogP contribution in [0.4, 0.5) is 0 Å². The van der Waals surface area contributed by atoms with Gasteiger partial charge in [0, 0.05) is 20.1 Å². The summed E-state index contributed by atoms with van der Waals surface area (Å²) in [6, 6.07) is 12.8. The predicted molar refractivity (Wildman–Crippen MR) is 112 cm³/mol. The number of sulfonamides is 1. The molecule has 8 heteroatoms. The Balaban J connectivity index is 1.44. The first-order chi connectivity index (χ1) is 13.4. The summed E-state index contributed by atoms with van der Waals surface area (Å²) < 4.78 is 30.1. The molecule has 0 amide bonds. The lowest BCUT2D eigenvalue weighted by Crippen LogP contribution is -2.23. The van der Waals surface area contributed by atoms with Crippen molar-refractivity contribution in [2.75, 3.05) is 13.1 Å². The number of hydrogen-bond donors (Lipinski definition) is 1. The summed E-state index contributed by atoms with van der Waals surface area (Å²) in [5.41, 5.74) is 2.90. The number of hydrogen-bond acceptors (Lipinski definition) is 5. The SMILES string of the molecule is Cn1c(=O)sc2cc(S(=O)(=O)NCc3ccc(CN4CCCC4)cc3)ccc21. The lowest BCUT2D eigenvalue weighted by molar-refractivity contribution is 0.331. The van der Waals surface area contributed by atoms with E-state index in [0.29, 0.717) is 4.70 Å². The second-order valence-corrected chi connectivity index (χ2v) is 9.94. The number of benzene rings is 2. The van der Waals surface area contributed by atoms with Crippen LogP contribution >= 0.6 is 11.3 Å². The molecule has 1 aromatic heterocycles. The highest BCUT2D eigenvalue weighted by Crippen LogP contribution is 2.21. The fourth-order valence-electron chi connectivity index (χ4n) is 3.50. The maximum absolute atomic E-state index is 12.6. The summed E-state index contributed by atoms with van der Waals surface area (Å²) in [5, 5.41) is 0. The number of rotatable bonds is 6. The van der Waals surface area contributed by atoms with Gasteiger partial charge in [-0.05, 0) is 55.3 Å². The van der Waals surface area contributed by atoms with Crippen molar-refractivity contribution in [2.24, 2.45) is 7.05 Å². The largest absolute Gasteiger partial charge is 0.307 e. The van der Waals surface area contributed by atoms with E-state index in [-0.39, 0.29) is 16.3 Å². The Morgan fingerprint density at radius 3 is 2.43 bits per heavy atom. The van der Waals surface area contributed by atoms with Crippen LogP contribution in [0.1, 0.15) is 24.0 Å². The van der Waals surface area contributed by atoms with Gasteiger partial charge >= 0.3 is 4.87 Å². The van der Waals surface area contributed by atoms with Crippen molar-refractivity contribution < 1.29 is 8.42 Å². The zero-order chi connectivity index (χ0) is 19.7. The first-order valence-corrected chi connectivity index (χ1v) is 11.6. The molecule has 1 fully saturated rings. The van der Waals surface area contributed by atoms with Gasteiger partial charge in [0.05, 0.1) is 15.1 Å². The highest BCUT2D eigenvalue weighted by atomic mass is 32.2. The number of fused-ring (bicyclic) bond motifs is 1. The Morgan fingerprint density at radius 1 is 1.04 bits per heavy atom. The lowest BCUT2D eigenvalue weighted by atomic mass is 10.1. The van der Waals surface area contributed by atoms with E-state index in [9.17, 15) is 13.2 Å². The predicted octanol–water partition coefficient (Wildman–Crippen LogP) is 2.67. The van der Waals surface area contributed by atoms with Crippen LogP contribution in [-0.2, 0) is 30.2 Å². The van der Waals surface area contributed by atoms with E-state index in [4.69, 9.17) is 0 Å². The van der Waals surface area contributed by atoms with Crippen LogP contribution in [0.15, 0.2) is 52.2 Å². The maximum Gasteiger partial charge on any atom is 0.307 e. The highest BCUT2D eigenvalue weighted by molar-refractivity contribution is 7.89. The van der Waals surface area contributed by atoms with Crippen LogP contribution in [-0.4, -0.2) is 31.0 Å². The van der Waals surface area contributed by atoms with Crippen molar-refractivity contribution in [1.82, 2.24) is 14.2 Å². The number of aryl methyl sites for hydroxylation is 1. The van der Waals surface area contributed by atoms with Crippen LogP contribution in [0.2, 0.25) is 0 Å². The molecule has 1 N–H and O–H groups in total. The second-order valence-electron chi connectivity index (χ2n) is 7.18. The Morgan fingerprint density at radius 2 is 1.71 bits per heavy atom. The summed E-state index contributed by atoms with van der Waals surface area (Å²) in [4.78, 5) is 14.3. The summed E-state index contributed by atoms with van der Waals surface area (Å²) in [6.07, 6.45) is 2.54. The van der Waals surface area contributed by atoms with Gasteiger partial charge in [0.2, 0.25) is 10.0 Å². The van der Waals surface area contributed by atoms with Gasteiger partial charge in [-0.15, -0.1) is 0 Å². The second kappa shape index (κ2) is 7.79. The van der Waals surface area contributed by atoms with Gasteiger partial charge in [-0.2, -0.15) is 0 Å². The molecule has 1 aliphatic heterocycles. The molecule has 1 saturated heterocycles. The molecule has 0 aliphatic carbocycles. The normalized spacial score (nSPS) is 15.5. The zero-order valence-corrected chi connectivity index (χ0v) is 17.4. The Labute approximate surface area is 168 Å². The fraction of sp³-hybridized carbons (Fsp3) is 0.350. The molecule has 0 saturated carbocycles. The summed E-state index contributed by atoms with van der Waals surface area (Å²) in [5.74, 6) is 0. The molecule has 0 radical (unpaired) electrons. The van der Waals surface area contributed by atoms with Gasteiger partial charge in [-0.3, -0.25) is 9.69 Å². The minimum absolute atomic E-state index is 0.105. The first-order valence-electron chi connectivity index (χ1n) is 9.32. The number of nitrogens with one attached hydrogen (secondary N) is 1. The molecule has 1 aliphatic rings. The van der Waals surface area contributed by atoms with Crippen LogP contribution in [0, 0.1) is 0 Å². The fourth-order valence-corrected chi connectivity index (χ4v) is 5.54. The van der Waals surface area contributed by atoms with Gasteiger partial charge in [-0.25, -0.2) is 13.1 Å². The van der Waals surface area contributed by atoms with E-state index in [1.807, 2.05) is 12.1 Å². The van der Waals surface area contributed by atoms with Crippen LogP contribution in [0.5, 0.6) is 0 Å². The minimum atomic E-state index is -3.65. The van der Waals surface area contributed by atoms with Gasteiger partial charge in [0.1, 0.15) is 0 Å². The van der Waals surface area contributed by atoms with Crippen molar-refractivity contribution in [3.05, 3.63) is 63.3 Å². The highest BCUT2D eigenvalue weighted by Gasteiger charge is 2.16. The van der Waals surface area contributed by atoms with Crippen LogP contribution in [0.3, 0.4) is 0 Å². The molecular formula is C20H23N3O3S2. The monoisotopic (exact) mass is 417 g/mol. The Bertz CT molecular complexity index is 1140. The van der Waals surface area contributed by atoms with Crippen LogP contribution in [0.25, 0.3) is 10.2 Å². The van der Waals surface area contributed by atoms with Crippen molar-refractivity contribution in [3.63, 3.8) is 0 Å². The number of thiazole rings is 1. The molecule has 0 atom stereocenters. The molecule has 6 nitrogen and oxygen atoms in total. The lowest BCUT2D eigenvalue weighted by Gasteiger charge is -2.14. The van der Waals surface area contributed by atoms with Gasteiger partial charge in [-0.1, -0.05) is 35.6 Å². The van der Waals surface area contributed by atoms with E-state index in [2.05, 4.69) is 21.8 Å². The number of aromatic nitrogens is 1. The molecule has 3 aromatic rings. The van der Waals surface area contributed by atoms with E-state index in [1.165, 1.54) is 29.0 Å². The van der Waals surface area contributed by atoms with E-state index >= 15 is 0 Å². The zero-order valence-electron chi connectivity index (χ0n) is 15.7. The molecule has 28 heavy (non-hydrogen) atoms. The first kappa shape index (κ1) is 19.3. The topological polar surface area (TPSA) is 71.4 Å². The molecule has 4 rings (SSSR count). The van der Waals surface area contributed by atoms with Crippen molar-refractivity contribution in [1.29, 1.82) is 0 Å². The van der Waals surface area contributed by atoms with Crippen molar-refractivity contribution >= 4 is 31.6 Å². The van der Waals surface area contributed by atoms with E-state index in [1.54, 1.807) is 19.2 Å². The van der Waals surface area contributed by atoms with E-state index in [0.717, 1.165) is 42.1 Å². The quantitative estimate of drug-likeness (QED) is 0.669. The molecule has 2 heterocycles. The Kier molecular flexibility index (Phi) is 5.37. The molecule has 0 spiro atoms. The number of nitrogens with zero attached hydrogens (tertiary/aromatic N) is 2. The van der Waals surface area contributed by atoms with Crippen LogP contribution < -0.4 is 9.60 Å². The average Bonchev–Trinajstić information content (AvgIpc) is 3.29. The standard InChI is InChI=1S/C20H23N3O3S2/c1-22-18-9-8-17(12-19(18)27-20(22)24)28(25,26)21-13-15-4-6-16(7-5-15)14-23-10-2-3-11-23/h4-9,12,21H,2-3,10-11,13-14H2,1H3.